The number of esters is 2. The van der Waals surface area contributed by atoms with Gasteiger partial charge < -0.3 is 20.1 Å². The van der Waals surface area contributed by atoms with Crippen LogP contribution in [0.25, 0.3) is 0 Å². The molecule has 0 saturated carbocycles. The van der Waals surface area contributed by atoms with Gasteiger partial charge in [0.05, 0.1) is 24.3 Å². The van der Waals surface area contributed by atoms with Gasteiger partial charge in [0.2, 0.25) is 11.8 Å². The lowest BCUT2D eigenvalue weighted by atomic mass is 9.85. The SMILES string of the molecule is CCOC(=O)c1c(NC(=O)CCCCC(=O)Nc2sc3c(c2C(=O)OCC)CCC(CC)C3)sc2c1CCC(CC)C2. The molecular weight excluding hydrogens is 572 g/mol. The van der Waals surface area contributed by atoms with E-state index in [9.17, 15) is 19.2 Å². The van der Waals surface area contributed by atoms with Gasteiger partial charge >= 0.3 is 11.9 Å². The zero-order valence-corrected chi connectivity index (χ0v) is 27.0. The van der Waals surface area contributed by atoms with Gasteiger partial charge in [0, 0.05) is 22.6 Å². The van der Waals surface area contributed by atoms with Crippen molar-refractivity contribution >= 4 is 56.4 Å². The van der Waals surface area contributed by atoms with Crippen LogP contribution in [0.5, 0.6) is 0 Å². The molecule has 4 rings (SSSR count). The molecule has 2 atom stereocenters. The first-order valence-corrected chi connectivity index (χ1v) is 17.2. The normalized spacial score (nSPS) is 17.6. The van der Waals surface area contributed by atoms with Crippen LogP contribution < -0.4 is 10.6 Å². The molecule has 2 N–H and O–H groups in total. The second-order valence-corrected chi connectivity index (χ2v) is 13.4. The Bertz CT molecular complexity index is 1200. The molecule has 8 nitrogen and oxygen atoms in total. The number of carbonyl (C=O) groups is 4. The van der Waals surface area contributed by atoms with E-state index >= 15 is 0 Å². The van der Waals surface area contributed by atoms with Crippen molar-refractivity contribution in [3.8, 4) is 0 Å². The second-order valence-electron chi connectivity index (χ2n) is 11.2. The molecule has 0 radical (unpaired) electrons. The Kier molecular flexibility index (Phi) is 11.6. The fourth-order valence-corrected chi connectivity index (χ4v) is 8.70. The van der Waals surface area contributed by atoms with Crippen LogP contribution in [0, 0.1) is 11.8 Å². The van der Waals surface area contributed by atoms with E-state index in [4.69, 9.17) is 9.47 Å². The van der Waals surface area contributed by atoms with Gasteiger partial charge in [-0.15, -0.1) is 22.7 Å². The molecule has 0 saturated heterocycles. The molecule has 2 aromatic heterocycles. The molecule has 2 unspecified atom stereocenters. The molecule has 2 heterocycles. The molecule has 42 heavy (non-hydrogen) atoms. The van der Waals surface area contributed by atoms with E-state index in [-0.39, 0.29) is 49.8 Å². The molecule has 10 heteroatoms. The lowest BCUT2D eigenvalue weighted by Crippen LogP contribution is -2.17. The molecule has 2 aliphatic carbocycles. The summed E-state index contributed by atoms with van der Waals surface area (Å²) >= 11 is 2.99. The maximum atomic E-state index is 12.9. The van der Waals surface area contributed by atoms with Crippen LogP contribution >= 0.6 is 22.7 Å². The predicted molar refractivity (Wildman–Crippen MR) is 168 cm³/mol. The van der Waals surface area contributed by atoms with Crippen LogP contribution in [0.2, 0.25) is 0 Å². The number of amides is 2. The van der Waals surface area contributed by atoms with Crippen LogP contribution in [0.3, 0.4) is 0 Å². The van der Waals surface area contributed by atoms with E-state index in [0.717, 1.165) is 62.5 Å². The van der Waals surface area contributed by atoms with Gasteiger partial charge in [0.1, 0.15) is 10.0 Å². The van der Waals surface area contributed by atoms with Gasteiger partial charge in [-0.2, -0.15) is 0 Å². The van der Waals surface area contributed by atoms with E-state index in [1.807, 2.05) is 0 Å². The summed E-state index contributed by atoms with van der Waals surface area (Å²) in [5, 5.41) is 7.09. The molecule has 2 amide bonds. The Morgan fingerprint density at radius 3 is 1.45 bits per heavy atom. The van der Waals surface area contributed by atoms with Crippen LogP contribution in [-0.4, -0.2) is 37.0 Å². The second kappa shape index (κ2) is 15.1. The molecule has 0 fully saturated rings. The number of carbonyl (C=O) groups excluding carboxylic acids is 4. The fraction of sp³-hybridized carbons (Fsp3) is 0.625. The van der Waals surface area contributed by atoms with Crippen molar-refractivity contribution in [3.63, 3.8) is 0 Å². The van der Waals surface area contributed by atoms with Crippen molar-refractivity contribution in [1.82, 2.24) is 0 Å². The number of rotatable bonds is 13. The lowest BCUT2D eigenvalue weighted by molar-refractivity contribution is -0.118. The average Bonchev–Trinajstić information content (AvgIpc) is 3.51. The van der Waals surface area contributed by atoms with Crippen molar-refractivity contribution in [2.75, 3.05) is 23.8 Å². The number of hydrogen-bond donors (Lipinski definition) is 2. The van der Waals surface area contributed by atoms with E-state index in [1.165, 1.54) is 32.4 Å². The summed E-state index contributed by atoms with van der Waals surface area (Å²) in [4.78, 5) is 53.6. The molecule has 0 spiro atoms. The van der Waals surface area contributed by atoms with Crippen molar-refractivity contribution in [3.05, 3.63) is 32.0 Å². The van der Waals surface area contributed by atoms with E-state index in [1.54, 1.807) is 13.8 Å². The number of anilines is 2. The van der Waals surface area contributed by atoms with Gasteiger partial charge in [0.25, 0.3) is 0 Å². The molecule has 230 valence electrons. The molecule has 2 aromatic rings. The molecular formula is C32H44N2O6S2. The number of hydrogen-bond acceptors (Lipinski definition) is 8. The summed E-state index contributed by atoms with van der Waals surface area (Å²) in [5.74, 6) is 0.101. The molecule has 0 aromatic carbocycles. The summed E-state index contributed by atoms with van der Waals surface area (Å²) in [6, 6.07) is 0. The summed E-state index contributed by atoms with van der Waals surface area (Å²) in [6.07, 6.45) is 9.33. The molecule has 0 aliphatic heterocycles. The number of fused-ring (bicyclic) bond motifs is 2. The first kappa shape index (κ1) is 32.2. The number of unbranched alkanes of at least 4 members (excludes halogenated alkanes) is 1. The van der Waals surface area contributed by atoms with Gasteiger partial charge in [-0.3, -0.25) is 9.59 Å². The smallest absolute Gasteiger partial charge is 0.341 e. The summed E-state index contributed by atoms with van der Waals surface area (Å²) in [5.41, 5.74) is 3.08. The highest BCUT2D eigenvalue weighted by Crippen LogP contribution is 2.42. The monoisotopic (exact) mass is 616 g/mol. The Morgan fingerprint density at radius 2 is 1.10 bits per heavy atom. The van der Waals surface area contributed by atoms with E-state index < -0.39 is 0 Å². The van der Waals surface area contributed by atoms with Gasteiger partial charge in [0.15, 0.2) is 0 Å². The van der Waals surface area contributed by atoms with Crippen molar-refractivity contribution in [2.45, 2.75) is 105 Å². The number of nitrogens with one attached hydrogen (secondary N) is 2. The maximum Gasteiger partial charge on any atom is 0.341 e. The van der Waals surface area contributed by atoms with Gasteiger partial charge in [-0.1, -0.05) is 26.7 Å². The quantitative estimate of drug-likeness (QED) is 0.180. The zero-order chi connectivity index (χ0) is 30.2. The Labute approximate surface area is 256 Å². The third kappa shape index (κ3) is 7.61. The van der Waals surface area contributed by atoms with Gasteiger partial charge in [-0.25, -0.2) is 9.59 Å². The topological polar surface area (TPSA) is 111 Å². The van der Waals surface area contributed by atoms with Crippen LogP contribution in [0.15, 0.2) is 0 Å². The van der Waals surface area contributed by atoms with E-state index in [0.29, 0.717) is 45.8 Å². The largest absolute Gasteiger partial charge is 0.462 e. The Morgan fingerprint density at radius 1 is 0.690 bits per heavy atom. The third-order valence-corrected chi connectivity index (χ3v) is 10.8. The van der Waals surface area contributed by atoms with Crippen LogP contribution in [0.4, 0.5) is 10.0 Å². The predicted octanol–water partition coefficient (Wildman–Crippen LogP) is 7.33. The highest BCUT2D eigenvalue weighted by molar-refractivity contribution is 7.17. The zero-order valence-electron chi connectivity index (χ0n) is 25.3. The standard InChI is InChI=1S/C32H44N2O6S2/c1-5-19-13-15-21-23(17-19)41-29(27(21)31(37)39-7-3)33-25(35)11-9-10-12-26(36)34-30-28(32(38)40-8-4)22-16-14-20(6-2)18-24(22)42-30/h19-20H,5-18H2,1-4H3,(H,33,35)(H,34,36). The summed E-state index contributed by atoms with van der Waals surface area (Å²) in [7, 11) is 0. The van der Waals surface area contributed by atoms with Gasteiger partial charge in [-0.05, 0) is 88.2 Å². The fourth-order valence-electron chi connectivity index (χ4n) is 5.97. The molecule has 2 aliphatic rings. The number of thiophene rings is 2. The highest BCUT2D eigenvalue weighted by atomic mass is 32.1. The number of ether oxygens (including phenoxy) is 2. The highest BCUT2D eigenvalue weighted by Gasteiger charge is 2.31. The minimum Gasteiger partial charge on any atom is -0.462 e. The first-order chi connectivity index (χ1) is 20.3. The first-order valence-electron chi connectivity index (χ1n) is 15.5. The van der Waals surface area contributed by atoms with Crippen molar-refractivity contribution in [2.24, 2.45) is 11.8 Å². The third-order valence-electron chi connectivity index (χ3n) is 8.41. The molecule has 0 bridgehead atoms. The maximum absolute atomic E-state index is 12.9. The van der Waals surface area contributed by atoms with E-state index in [2.05, 4.69) is 24.5 Å². The Hall–Kier alpha value is -2.72. The Balaban J connectivity index is 1.32. The summed E-state index contributed by atoms with van der Waals surface area (Å²) in [6.45, 7) is 8.51. The van der Waals surface area contributed by atoms with Crippen LogP contribution in [-0.2, 0) is 44.7 Å². The van der Waals surface area contributed by atoms with Crippen molar-refractivity contribution in [1.29, 1.82) is 0 Å². The van der Waals surface area contributed by atoms with Crippen LogP contribution in [0.1, 0.15) is 121 Å². The lowest BCUT2D eigenvalue weighted by Gasteiger charge is -2.20. The average molecular weight is 617 g/mol. The van der Waals surface area contributed by atoms with Crippen molar-refractivity contribution < 1.29 is 28.7 Å². The summed E-state index contributed by atoms with van der Waals surface area (Å²) < 4.78 is 10.6. The minimum atomic E-state index is -0.375. The minimum absolute atomic E-state index is 0.174.